The van der Waals surface area contributed by atoms with Crippen molar-refractivity contribution in [2.45, 2.75) is 44.6 Å². The molecule has 0 bridgehead atoms. The van der Waals surface area contributed by atoms with Crippen LogP contribution < -0.4 is 5.73 Å². The van der Waals surface area contributed by atoms with Gasteiger partial charge in [0.1, 0.15) is 5.82 Å². The molecule has 0 saturated heterocycles. The molecule has 3 nitrogen and oxygen atoms in total. The van der Waals surface area contributed by atoms with E-state index in [0.29, 0.717) is 5.92 Å². The van der Waals surface area contributed by atoms with Crippen molar-refractivity contribution in [1.82, 2.24) is 9.97 Å². The van der Waals surface area contributed by atoms with E-state index in [1.165, 1.54) is 19.3 Å². The van der Waals surface area contributed by atoms with Crippen LogP contribution in [0.5, 0.6) is 0 Å². The molecule has 14 heavy (non-hydrogen) atoms. The maximum absolute atomic E-state index is 6.49. The predicted octanol–water partition coefficient (Wildman–Crippen LogP) is 2.16. The van der Waals surface area contributed by atoms with Crippen LogP contribution >= 0.6 is 0 Å². The molecule has 1 aliphatic rings. The van der Waals surface area contributed by atoms with Gasteiger partial charge in [-0.1, -0.05) is 26.2 Å². The van der Waals surface area contributed by atoms with Gasteiger partial charge in [-0.2, -0.15) is 0 Å². The van der Waals surface area contributed by atoms with Crippen LogP contribution in [0.15, 0.2) is 12.4 Å². The van der Waals surface area contributed by atoms with E-state index in [9.17, 15) is 0 Å². The van der Waals surface area contributed by atoms with Crippen molar-refractivity contribution in [1.29, 1.82) is 0 Å². The summed E-state index contributed by atoms with van der Waals surface area (Å²) in [6.07, 6.45) is 9.67. The lowest BCUT2D eigenvalue weighted by atomic mass is 9.71. The largest absolute Gasteiger partial charge is 0.347 e. The first-order chi connectivity index (χ1) is 6.77. The zero-order valence-corrected chi connectivity index (χ0v) is 8.79. The Morgan fingerprint density at radius 1 is 1.64 bits per heavy atom. The number of aromatic nitrogens is 2. The summed E-state index contributed by atoms with van der Waals surface area (Å²) in [5, 5.41) is 0. The van der Waals surface area contributed by atoms with Crippen LogP contribution in [0, 0.1) is 5.92 Å². The second-order valence-corrected chi connectivity index (χ2v) is 4.33. The Morgan fingerprint density at radius 3 is 3.14 bits per heavy atom. The highest BCUT2D eigenvalue weighted by molar-refractivity contribution is 5.09. The number of nitrogens with zero attached hydrogens (tertiary/aromatic N) is 1. The van der Waals surface area contributed by atoms with E-state index in [2.05, 4.69) is 16.9 Å². The molecule has 78 valence electrons. The third-order valence-corrected chi connectivity index (χ3v) is 3.55. The van der Waals surface area contributed by atoms with Crippen LogP contribution in [0.2, 0.25) is 0 Å². The minimum absolute atomic E-state index is 0.198. The van der Waals surface area contributed by atoms with Gasteiger partial charge in [-0.05, 0) is 18.8 Å². The van der Waals surface area contributed by atoms with Gasteiger partial charge in [-0.3, -0.25) is 0 Å². The highest BCUT2D eigenvalue weighted by atomic mass is 15.0. The van der Waals surface area contributed by atoms with Crippen LogP contribution in [-0.2, 0) is 5.54 Å². The average molecular weight is 193 g/mol. The van der Waals surface area contributed by atoms with Gasteiger partial charge >= 0.3 is 0 Å². The lowest BCUT2D eigenvalue weighted by molar-refractivity contribution is 0.175. The van der Waals surface area contributed by atoms with Gasteiger partial charge in [0.25, 0.3) is 0 Å². The van der Waals surface area contributed by atoms with E-state index in [1.54, 1.807) is 6.20 Å². The van der Waals surface area contributed by atoms with Gasteiger partial charge in [-0.15, -0.1) is 0 Å². The predicted molar refractivity (Wildman–Crippen MR) is 56.7 cm³/mol. The first kappa shape index (κ1) is 9.71. The minimum atomic E-state index is -0.198. The van der Waals surface area contributed by atoms with Crippen LogP contribution in [0.4, 0.5) is 0 Å². The zero-order chi connectivity index (χ0) is 10.0. The molecule has 0 aromatic carbocycles. The molecular weight excluding hydrogens is 174 g/mol. The Kier molecular flexibility index (Phi) is 2.59. The fourth-order valence-electron chi connectivity index (χ4n) is 2.67. The number of aromatic amines is 1. The van der Waals surface area contributed by atoms with Crippen molar-refractivity contribution >= 4 is 0 Å². The SMILES string of the molecule is CC[C@@H]1CCCC[C@]1(N)c1ncc[nH]1. The Labute approximate surface area is 85.1 Å². The van der Waals surface area contributed by atoms with E-state index in [1.807, 2.05) is 6.20 Å². The first-order valence-electron chi connectivity index (χ1n) is 5.56. The van der Waals surface area contributed by atoms with Crippen LogP contribution in [0.3, 0.4) is 0 Å². The Balaban J connectivity index is 2.27. The van der Waals surface area contributed by atoms with E-state index >= 15 is 0 Å². The normalized spacial score (nSPS) is 33.1. The molecule has 0 aliphatic heterocycles. The molecule has 1 saturated carbocycles. The van der Waals surface area contributed by atoms with E-state index in [0.717, 1.165) is 18.7 Å². The number of imidazole rings is 1. The molecule has 2 rings (SSSR count). The number of rotatable bonds is 2. The summed E-state index contributed by atoms with van der Waals surface area (Å²) in [6, 6.07) is 0. The van der Waals surface area contributed by atoms with Crippen molar-refractivity contribution < 1.29 is 0 Å². The molecule has 0 unspecified atom stereocenters. The van der Waals surface area contributed by atoms with Gasteiger partial charge in [0.15, 0.2) is 0 Å². The van der Waals surface area contributed by atoms with Crippen molar-refractivity contribution in [2.75, 3.05) is 0 Å². The van der Waals surface area contributed by atoms with Crippen molar-refractivity contribution in [2.24, 2.45) is 11.7 Å². The second kappa shape index (κ2) is 3.73. The number of H-pyrrole nitrogens is 1. The number of hydrogen-bond acceptors (Lipinski definition) is 2. The summed E-state index contributed by atoms with van der Waals surface area (Å²) in [5.41, 5.74) is 6.29. The summed E-state index contributed by atoms with van der Waals surface area (Å²) in [7, 11) is 0. The fourth-order valence-corrected chi connectivity index (χ4v) is 2.67. The molecule has 3 heteroatoms. The molecule has 2 atom stereocenters. The average Bonchev–Trinajstić information content (AvgIpc) is 2.72. The lowest BCUT2D eigenvalue weighted by Gasteiger charge is -2.39. The molecule has 0 radical (unpaired) electrons. The molecule has 3 N–H and O–H groups in total. The molecule has 1 fully saturated rings. The summed E-state index contributed by atoms with van der Waals surface area (Å²) in [6.45, 7) is 2.22. The topological polar surface area (TPSA) is 54.7 Å². The molecular formula is C11H19N3. The summed E-state index contributed by atoms with van der Waals surface area (Å²) in [4.78, 5) is 7.50. The van der Waals surface area contributed by atoms with Gasteiger partial charge in [0.2, 0.25) is 0 Å². The van der Waals surface area contributed by atoms with Gasteiger partial charge in [0, 0.05) is 12.4 Å². The van der Waals surface area contributed by atoms with Gasteiger partial charge in [0.05, 0.1) is 5.54 Å². The zero-order valence-electron chi connectivity index (χ0n) is 8.79. The Bertz CT molecular complexity index is 281. The maximum atomic E-state index is 6.49. The molecule has 0 amide bonds. The van der Waals surface area contributed by atoms with Crippen LogP contribution in [0.25, 0.3) is 0 Å². The number of hydrogen-bond donors (Lipinski definition) is 2. The quantitative estimate of drug-likeness (QED) is 0.756. The third-order valence-electron chi connectivity index (χ3n) is 3.55. The molecule has 1 heterocycles. The number of nitrogens with two attached hydrogens (primary N) is 1. The van der Waals surface area contributed by atoms with E-state index in [-0.39, 0.29) is 5.54 Å². The molecule has 1 aliphatic carbocycles. The van der Waals surface area contributed by atoms with Gasteiger partial charge < -0.3 is 10.7 Å². The third kappa shape index (κ3) is 1.46. The van der Waals surface area contributed by atoms with Crippen molar-refractivity contribution in [3.8, 4) is 0 Å². The summed E-state index contributed by atoms with van der Waals surface area (Å²) in [5.74, 6) is 1.56. The summed E-state index contributed by atoms with van der Waals surface area (Å²) >= 11 is 0. The van der Waals surface area contributed by atoms with Crippen molar-refractivity contribution in [3.05, 3.63) is 18.2 Å². The van der Waals surface area contributed by atoms with Gasteiger partial charge in [-0.25, -0.2) is 4.98 Å². The Hall–Kier alpha value is -0.830. The van der Waals surface area contributed by atoms with Crippen molar-refractivity contribution in [3.63, 3.8) is 0 Å². The fraction of sp³-hybridized carbons (Fsp3) is 0.727. The highest BCUT2D eigenvalue weighted by Crippen LogP contribution is 2.39. The van der Waals surface area contributed by atoms with Crippen LogP contribution in [0.1, 0.15) is 44.9 Å². The summed E-state index contributed by atoms with van der Waals surface area (Å²) < 4.78 is 0. The second-order valence-electron chi connectivity index (χ2n) is 4.33. The Morgan fingerprint density at radius 2 is 2.50 bits per heavy atom. The molecule has 1 aromatic heterocycles. The number of nitrogens with one attached hydrogen (secondary N) is 1. The van der Waals surface area contributed by atoms with E-state index < -0.39 is 0 Å². The molecule has 1 aromatic rings. The van der Waals surface area contributed by atoms with E-state index in [4.69, 9.17) is 5.73 Å². The van der Waals surface area contributed by atoms with Crippen LogP contribution in [-0.4, -0.2) is 9.97 Å². The maximum Gasteiger partial charge on any atom is 0.126 e. The minimum Gasteiger partial charge on any atom is -0.347 e. The lowest BCUT2D eigenvalue weighted by Crippen LogP contribution is -2.47. The first-order valence-corrected chi connectivity index (χ1v) is 5.56. The smallest absolute Gasteiger partial charge is 0.126 e. The standard InChI is InChI=1S/C11H19N3/c1-2-9-5-3-4-6-11(9,12)10-13-7-8-14-10/h7-9H,2-6,12H2,1H3,(H,13,14)/t9-,11-/m1/s1. The highest BCUT2D eigenvalue weighted by Gasteiger charge is 2.39. The monoisotopic (exact) mass is 193 g/mol. The molecule has 0 spiro atoms.